The van der Waals surface area contributed by atoms with Crippen LogP contribution < -0.4 is 5.73 Å². The number of nitrogens with zero attached hydrogens (tertiary/aromatic N) is 1. The number of aryl methyl sites for hydroxylation is 1. The Morgan fingerprint density at radius 2 is 2.22 bits per heavy atom. The van der Waals surface area contributed by atoms with Crippen molar-refractivity contribution in [3.05, 3.63) is 15.4 Å². The normalized spacial score (nSPS) is 26.4. The molecule has 0 saturated carbocycles. The number of hydrogen-bond donors (Lipinski definition) is 1. The van der Waals surface area contributed by atoms with Crippen LogP contribution in [0.3, 0.4) is 0 Å². The van der Waals surface area contributed by atoms with Crippen LogP contribution in [0.4, 0.5) is 0 Å². The summed E-state index contributed by atoms with van der Waals surface area (Å²) in [6.07, 6.45) is 0.728. The minimum atomic E-state index is -3.35. The van der Waals surface area contributed by atoms with Gasteiger partial charge in [0.15, 0.2) is 0 Å². The van der Waals surface area contributed by atoms with E-state index in [4.69, 9.17) is 5.73 Å². The Kier molecular flexibility index (Phi) is 4.18. The second-order valence-corrected chi connectivity index (χ2v) is 9.35. The van der Waals surface area contributed by atoms with Gasteiger partial charge in [-0.25, -0.2) is 8.42 Å². The predicted octanol–water partition coefficient (Wildman–Crippen LogP) is 2.18. The third-order valence-electron chi connectivity index (χ3n) is 3.36. The second-order valence-electron chi connectivity index (χ2n) is 4.82. The Balaban J connectivity index is 2.26. The van der Waals surface area contributed by atoms with Gasteiger partial charge in [0.05, 0.1) is 3.79 Å². The summed E-state index contributed by atoms with van der Waals surface area (Å²) in [6, 6.07) is 1.83. The van der Waals surface area contributed by atoms with Gasteiger partial charge >= 0.3 is 0 Å². The highest BCUT2D eigenvalue weighted by molar-refractivity contribution is 9.11. The summed E-state index contributed by atoms with van der Waals surface area (Å²) < 4.78 is 27.8. The van der Waals surface area contributed by atoms with Crippen molar-refractivity contribution in [2.24, 2.45) is 11.7 Å². The van der Waals surface area contributed by atoms with E-state index in [0.29, 0.717) is 17.3 Å². The summed E-state index contributed by atoms with van der Waals surface area (Å²) in [4.78, 5) is 0. The number of piperidine rings is 1. The Bertz CT molecular complexity index is 522. The molecule has 0 radical (unpaired) electrons. The Hall–Kier alpha value is 0.0500. The van der Waals surface area contributed by atoms with E-state index in [1.54, 1.807) is 10.4 Å². The Morgan fingerprint density at radius 3 is 2.72 bits per heavy atom. The summed E-state index contributed by atoms with van der Waals surface area (Å²) in [5.41, 5.74) is 6.88. The van der Waals surface area contributed by atoms with Crippen LogP contribution in [0.1, 0.15) is 18.9 Å². The fourth-order valence-corrected chi connectivity index (χ4v) is 5.97. The Labute approximate surface area is 120 Å². The molecule has 0 amide bonds. The zero-order valence-electron chi connectivity index (χ0n) is 10.4. The van der Waals surface area contributed by atoms with Crippen molar-refractivity contribution in [2.45, 2.75) is 30.5 Å². The van der Waals surface area contributed by atoms with Crippen LogP contribution in [0, 0.1) is 12.8 Å². The molecule has 1 aliphatic heterocycles. The smallest absolute Gasteiger partial charge is 0.252 e. The lowest BCUT2D eigenvalue weighted by molar-refractivity contribution is 0.250. The van der Waals surface area contributed by atoms with E-state index in [0.717, 1.165) is 15.8 Å². The lowest BCUT2D eigenvalue weighted by Crippen LogP contribution is -2.47. The molecule has 1 fully saturated rings. The molecule has 2 unspecified atom stereocenters. The van der Waals surface area contributed by atoms with Crippen LogP contribution >= 0.6 is 27.3 Å². The minimum absolute atomic E-state index is 0.105. The molecule has 102 valence electrons. The van der Waals surface area contributed by atoms with Gasteiger partial charge in [-0.3, -0.25) is 0 Å². The first kappa shape index (κ1) is 14.5. The van der Waals surface area contributed by atoms with Crippen LogP contribution in [-0.4, -0.2) is 31.9 Å². The van der Waals surface area contributed by atoms with E-state index < -0.39 is 10.0 Å². The van der Waals surface area contributed by atoms with Gasteiger partial charge in [-0.2, -0.15) is 4.31 Å². The summed E-state index contributed by atoms with van der Waals surface area (Å²) in [5.74, 6) is 0.207. The molecule has 0 bridgehead atoms. The van der Waals surface area contributed by atoms with Crippen molar-refractivity contribution in [1.29, 1.82) is 0 Å². The molecule has 1 aromatic heterocycles. The van der Waals surface area contributed by atoms with Gasteiger partial charge in [-0.1, -0.05) is 6.92 Å². The highest BCUT2D eigenvalue weighted by Gasteiger charge is 2.33. The zero-order chi connectivity index (χ0) is 13.5. The van der Waals surface area contributed by atoms with E-state index in [1.165, 1.54) is 11.3 Å². The van der Waals surface area contributed by atoms with E-state index in [9.17, 15) is 8.42 Å². The maximum Gasteiger partial charge on any atom is 0.252 e. The highest BCUT2D eigenvalue weighted by atomic mass is 79.9. The molecule has 0 aromatic carbocycles. The van der Waals surface area contributed by atoms with Crippen molar-refractivity contribution >= 4 is 37.3 Å². The van der Waals surface area contributed by atoms with Crippen LogP contribution in [0.5, 0.6) is 0 Å². The van der Waals surface area contributed by atoms with E-state index in [2.05, 4.69) is 15.9 Å². The molecular weight excluding hydrogens is 336 g/mol. The maximum atomic E-state index is 12.5. The SMILES string of the molecule is Cc1cc(S(=O)(=O)N2CCC(N)C(C)C2)sc1Br. The first-order valence-electron chi connectivity index (χ1n) is 5.84. The van der Waals surface area contributed by atoms with Crippen molar-refractivity contribution < 1.29 is 8.42 Å². The molecular formula is C11H17BrN2O2S2. The maximum absolute atomic E-state index is 12.5. The van der Waals surface area contributed by atoms with Crippen LogP contribution in [0.25, 0.3) is 0 Å². The third-order valence-corrected chi connectivity index (χ3v) is 7.81. The Morgan fingerprint density at radius 1 is 1.56 bits per heavy atom. The van der Waals surface area contributed by atoms with Gasteiger partial charge in [-0.15, -0.1) is 11.3 Å². The predicted molar refractivity (Wildman–Crippen MR) is 77.3 cm³/mol. The number of rotatable bonds is 2. The summed E-state index contributed by atoms with van der Waals surface area (Å²) in [5, 5.41) is 0. The van der Waals surface area contributed by atoms with E-state index in [1.807, 2.05) is 13.8 Å². The number of hydrogen-bond acceptors (Lipinski definition) is 4. The lowest BCUT2D eigenvalue weighted by Gasteiger charge is -2.33. The average Bonchev–Trinajstić information content (AvgIpc) is 2.64. The van der Waals surface area contributed by atoms with Crippen LogP contribution in [0.15, 0.2) is 14.1 Å². The first-order valence-corrected chi connectivity index (χ1v) is 8.89. The molecule has 2 heterocycles. The molecule has 2 rings (SSSR count). The number of nitrogens with two attached hydrogens (primary N) is 1. The molecule has 0 spiro atoms. The van der Waals surface area contributed by atoms with Crippen LogP contribution in [0.2, 0.25) is 0 Å². The quantitative estimate of drug-likeness (QED) is 0.886. The summed E-state index contributed by atoms with van der Waals surface area (Å²) in [6.45, 7) is 4.93. The van der Waals surface area contributed by atoms with Gasteiger partial charge in [0.25, 0.3) is 10.0 Å². The molecule has 1 aliphatic rings. The lowest BCUT2D eigenvalue weighted by atomic mass is 9.96. The van der Waals surface area contributed by atoms with Gasteiger partial charge in [-0.05, 0) is 46.8 Å². The number of halogens is 1. The molecule has 7 heteroatoms. The van der Waals surface area contributed by atoms with Crippen LogP contribution in [-0.2, 0) is 10.0 Å². The molecule has 1 saturated heterocycles. The average molecular weight is 353 g/mol. The second kappa shape index (κ2) is 5.20. The molecule has 1 aromatic rings. The molecule has 18 heavy (non-hydrogen) atoms. The topological polar surface area (TPSA) is 63.4 Å². The zero-order valence-corrected chi connectivity index (χ0v) is 13.6. The summed E-state index contributed by atoms with van der Waals surface area (Å²) >= 11 is 4.64. The fraction of sp³-hybridized carbons (Fsp3) is 0.636. The monoisotopic (exact) mass is 352 g/mol. The molecule has 0 aliphatic carbocycles. The largest absolute Gasteiger partial charge is 0.327 e. The van der Waals surface area contributed by atoms with E-state index >= 15 is 0 Å². The number of sulfonamides is 1. The van der Waals surface area contributed by atoms with E-state index in [-0.39, 0.29) is 12.0 Å². The van der Waals surface area contributed by atoms with Gasteiger partial charge in [0, 0.05) is 19.1 Å². The van der Waals surface area contributed by atoms with Gasteiger partial charge < -0.3 is 5.73 Å². The van der Waals surface area contributed by atoms with Crippen molar-refractivity contribution in [2.75, 3.05) is 13.1 Å². The number of thiophene rings is 1. The summed E-state index contributed by atoms with van der Waals surface area (Å²) in [7, 11) is -3.35. The highest BCUT2D eigenvalue weighted by Crippen LogP contribution is 2.33. The van der Waals surface area contributed by atoms with Crippen molar-refractivity contribution in [3.8, 4) is 0 Å². The molecule has 4 nitrogen and oxygen atoms in total. The fourth-order valence-electron chi connectivity index (χ4n) is 2.03. The molecule has 2 atom stereocenters. The van der Waals surface area contributed by atoms with Gasteiger partial charge in [0.2, 0.25) is 0 Å². The first-order chi connectivity index (χ1) is 8.32. The minimum Gasteiger partial charge on any atom is -0.327 e. The third kappa shape index (κ3) is 2.65. The standard InChI is InChI=1S/C11H17BrN2O2S2/c1-7-5-10(17-11(7)12)18(15,16)14-4-3-9(13)8(2)6-14/h5,8-9H,3-4,6,13H2,1-2H3. The van der Waals surface area contributed by atoms with Crippen molar-refractivity contribution in [1.82, 2.24) is 4.31 Å². The molecule has 2 N–H and O–H groups in total. The van der Waals surface area contributed by atoms with Crippen molar-refractivity contribution in [3.63, 3.8) is 0 Å². The van der Waals surface area contributed by atoms with Gasteiger partial charge in [0.1, 0.15) is 4.21 Å².